The molecule has 1 atom stereocenters. The summed E-state index contributed by atoms with van der Waals surface area (Å²) in [4.78, 5) is 24.9. The molecule has 0 radical (unpaired) electrons. The zero-order chi connectivity index (χ0) is 20.6. The molecule has 29 heavy (non-hydrogen) atoms. The van der Waals surface area contributed by atoms with Gasteiger partial charge in [0.1, 0.15) is 17.1 Å². The Morgan fingerprint density at radius 3 is 2.24 bits per heavy atom. The zero-order valence-electron chi connectivity index (χ0n) is 17.5. The van der Waals surface area contributed by atoms with Gasteiger partial charge < -0.3 is 19.5 Å². The monoisotopic (exact) mass is 401 g/mol. The SMILES string of the molecule is COc1ccc(C(=O)OCC(=O)N[C@H](C)C23CC4CC(CC(C4)C2)C3)c(OC)c1. The Bertz CT molecular complexity index is 754. The summed E-state index contributed by atoms with van der Waals surface area (Å²) in [5.41, 5.74) is 0.503. The molecule has 1 aromatic carbocycles. The van der Waals surface area contributed by atoms with E-state index < -0.39 is 5.97 Å². The molecule has 0 saturated heterocycles. The summed E-state index contributed by atoms with van der Waals surface area (Å²) in [6.07, 6.45) is 7.81. The fourth-order valence-corrected chi connectivity index (χ4v) is 6.32. The second-order valence-corrected chi connectivity index (χ2v) is 9.21. The smallest absolute Gasteiger partial charge is 0.342 e. The molecule has 4 saturated carbocycles. The number of nitrogens with one attached hydrogen (secondary N) is 1. The van der Waals surface area contributed by atoms with Crippen LogP contribution in [0.4, 0.5) is 0 Å². The van der Waals surface area contributed by atoms with Gasteiger partial charge in [0.05, 0.1) is 14.2 Å². The average molecular weight is 402 g/mol. The number of hydrogen-bond donors (Lipinski definition) is 1. The number of benzene rings is 1. The van der Waals surface area contributed by atoms with Crippen LogP contribution in [0.2, 0.25) is 0 Å². The fourth-order valence-electron chi connectivity index (χ4n) is 6.32. The van der Waals surface area contributed by atoms with Gasteiger partial charge in [-0.3, -0.25) is 4.79 Å². The van der Waals surface area contributed by atoms with Crippen LogP contribution in [-0.2, 0) is 9.53 Å². The molecule has 1 aromatic rings. The molecule has 6 heteroatoms. The van der Waals surface area contributed by atoms with Crippen molar-refractivity contribution >= 4 is 11.9 Å². The highest BCUT2D eigenvalue weighted by atomic mass is 16.5. The fraction of sp³-hybridized carbons (Fsp3) is 0.652. The Hall–Kier alpha value is -2.24. The Morgan fingerprint density at radius 1 is 1.07 bits per heavy atom. The Kier molecular flexibility index (Phi) is 5.45. The third kappa shape index (κ3) is 3.94. The minimum Gasteiger partial charge on any atom is -0.497 e. The van der Waals surface area contributed by atoms with Gasteiger partial charge >= 0.3 is 5.97 Å². The first-order chi connectivity index (χ1) is 13.9. The molecule has 5 rings (SSSR count). The highest BCUT2D eigenvalue weighted by Crippen LogP contribution is 2.61. The molecule has 0 aliphatic heterocycles. The normalized spacial score (nSPS) is 30.5. The first kappa shape index (κ1) is 20.0. The molecule has 158 valence electrons. The number of hydrogen-bond acceptors (Lipinski definition) is 5. The summed E-state index contributed by atoms with van der Waals surface area (Å²) in [5.74, 6) is 2.62. The molecule has 0 unspecified atom stereocenters. The number of ether oxygens (including phenoxy) is 3. The van der Waals surface area contributed by atoms with Crippen molar-refractivity contribution in [1.82, 2.24) is 5.32 Å². The molecular weight excluding hydrogens is 370 g/mol. The second-order valence-electron chi connectivity index (χ2n) is 9.21. The largest absolute Gasteiger partial charge is 0.497 e. The van der Waals surface area contributed by atoms with Crippen LogP contribution in [0.5, 0.6) is 11.5 Å². The molecule has 4 aliphatic carbocycles. The Labute approximate surface area is 172 Å². The molecular formula is C23H31NO5. The zero-order valence-corrected chi connectivity index (χ0v) is 17.5. The van der Waals surface area contributed by atoms with E-state index in [2.05, 4.69) is 12.2 Å². The van der Waals surface area contributed by atoms with Crippen molar-refractivity contribution in [2.24, 2.45) is 23.2 Å². The van der Waals surface area contributed by atoms with Gasteiger partial charge in [-0.25, -0.2) is 4.79 Å². The first-order valence-corrected chi connectivity index (χ1v) is 10.6. The summed E-state index contributed by atoms with van der Waals surface area (Å²) in [6.45, 7) is 1.84. The van der Waals surface area contributed by atoms with E-state index in [4.69, 9.17) is 14.2 Å². The quantitative estimate of drug-likeness (QED) is 0.707. The van der Waals surface area contributed by atoms with Crippen molar-refractivity contribution in [3.05, 3.63) is 23.8 Å². The van der Waals surface area contributed by atoms with E-state index in [9.17, 15) is 9.59 Å². The molecule has 1 amide bonds. The van der Waals surface area contributed by atoms with Crippen molar-refractivity contribution in [1.29, 1.82) is 0 Å². The van der Waals surface area contributed by atoms with Gasteiger partial charge in [-0.1, -0.05) is 0 Å². The van der Waals surface area contributed by atoms with Gasteiger partial charge in [0, 0.05) is 12.1 Å². The highest BCUT2D eigenvalue weighted by Gasteiger charge is 2.53. The van der Waals surface area contributed by atoms with Crippen LogP contribution in [0.25, 0.3) is 0 Å². The summed E-state index contributed by atoms with van der Waals surface area (Å²) < 4.78 is 15.6. The van der Waals surface area contributed by atoms with Crippen molar-refractivity contribution in [3.8, 4) is 11.5 Å². The van der Waals surface area contributed by atoms with Crippen LogP contribution in [-0.4, -0.2) is 38.7 Å². The summed E-state index contributed by atoms with van der Waals surface area (Å²) in [6, 6.07) is 4.97. The summed E-state index contributed by atoms with van der Waals surface area (Å²) >= 11 is 0. The van der Waals surface area contributed by atoms with Crippen molar-refractivity contribution in [3.63, 3.8) is 0 Å². The van der Waals surface area contributed by atoms with Crippen molar-refractivity contribution in [2.75, 3.05) is 20.8 Å². The molecule has 0 aromatic heterocycles. The number of carbonyl (C=O) groups is 2. The topological polar surface area (TPSA) is 73.9 Å². The maximum atomic E-state index is 12.5. The van der Waals surface area contributed by atoms with Crippen LogP contribution in [0.15, 0.2) is 18.2 Å². The van der Waals surface area contributed by atoms with Gasteiger partial charge in [0.15, 0.2) is 6.61 Å². The van der Waals surface area contributed by atoms with Crippen LogP contribution < -0.4 is 14.8 Å². The lowest BCUT2D eigenvalue weighted by atomic mass is 9.48. The standard InChI is InChI=1S/C23H31NO5/c1-14(23-10-15-6-16(11-23)8-17(7-15)12-23)24-21(25)13-29-22(26)19-5-4-18(27-2)9-20(19)28-3/h4-5,9,14-17H,6-8,10-13H2,1-3H3,(H,24,25)/t14-,15?,16?,17?,23?/m1/s1. The number of methoxy groups -OCH3 is 2. The third-order valence-electron chi connectivity index (χ3n) is 7.34. The second kappa shape index (κ2) is 7.88. The summed E-state index contributed by atoms with van der Waals surface area (Å²) in [7, 11) is 3.02. The van der Waals surface area contributed by atoms with Crippen LogP contribution in [0.3, 0.4) is 0 Å². The molecule has 4 aliphatic rings. The van der Waals surface area contributed by atoms with Gasteiger partial charge in [-0.15, -0.1) is 0 Å². The van der Waals surface area contributed by atoms with Crippen LogP contribution in [0.1, 0.15) is 55.8 Å². The maximum Gasteiger partial charge on any atom is 0.342 e. The molecule has 4 bridgehead atoms. The van der Waals surface area contributed by atoms with Gasteiger partial charge in [-0.05, 0) is 80.8 Å². The highest BCUT2D eigenvalue weighted by molar-refractivity contribution is 5.94. The minimum atomic E-state index is -0.581. The minimum absolute atomic E-state index is 0.109. The Morgan fingerprint density at radius 2 is 1.69 bits per heavy atom. The third-order valence-corrected chi connectivity index (χ3v) is 7.34. The summed E-state index contributed by atoms with van der Waals surface area (Å²) in [5, 5.41) is 3.12. The maximum absolute atomic E-state index is 12.5. The van der Waals surface area contributed by atoms with Gasteiger partial charge in [-0.2, -0.15) is 0 Å². The Balaban J connectivity index is 1.33. The number of esters is 1. The van der Waals surface area contributed by atoms with E-state index in [0.29, 0.717) is 11.5 Å². The average Bonchev–Trinajstić information content (AvgIpc) is 2.70. The predicted octanol–water partition coefficient (Wildman–Crippen LogP) is 3.58. The molecule has 4 fully saturated rings. The van der Waals surface area contributed by atoms with E-state index >= 15 is 0 Å². The van der Waals surface area contributed by atoms with Crippen molar-refractivity contribution < 1.29 is 23.8 Å². The predicted molar refractivity (Wildman–Crippen MR) is 108 cm³/mol. The van der Waals surface area contributed by atoms with E-state index in [0.717, 1.165) is 17.8 Å². The van der Waals surface area contributed by atoms with Crippen LogP contribution in [0, 0.1) is 23.2 Å². The van der Waals surface area contributed by atoms with Crippen LogP contribution >= 0.6 is 0 Å². The van der Waals surface area contributed by atoms with E-state index in [1.807, 2.05) is 0 Å². The number of carbonyl (C=O) groups excluding carboxylic acids is 2. The van der Waals surface area contributed by atoms with Crippen molar-refractivity contribution in [2.45, 2.75) is 51.5 Å². The van der Waals surface area contributed by atoms with E-state index in [-0.39, 0.29) is 29.5 Å². The lowest BCUT2D eigenvalue weighted by Gasteiger charge is -2.59. The molecule has 0 heterocycles. The molecule has 0 spiro atoms. The molecule has 6 nitrogen and oxygen atoms in total. The van der Waals surface area contributed by atoms with Gasteiger partial charge in [0.25, 0.3) is 5.91 Å². The van der Waals surface area contributed by atoms with E-state index in [1.165, 1.54) is 45.6 Å². The lowest BCUT2D eigenvalue weighted by Crippen LogP contribution is -2.56. The van der Waals surface area contributed by atoms with Gasteiger partial charge in [0.2, 0.25) is 0 Å². The lowest BCUT2D eigenvalue weighted by molar-refractivity contribution is -0.128. The first-order valence-electron chi connectivity index (χ1n) is 10.6. The number of rotatable bonds is 7. The van der Waals surface area contributed by atoms with E-state index in [1.54, 1.807) is 25.3 Å². The number of amides is 1. The molecule has 1 N–H and O–H groups in total.